The van der Waals surface area contributed by atoms with Gasteiger partial charge in [0, 0.05) is 35.7 Å². The third-order valence-electron chi connectivity index (χ3n) is 4.61. The van der Waals surface area contributed by atoms with Gasteiger partial charge in [-0.3, -0.25) is 0 Å². The third kappa shape index (κ3) is 9.96. The van der Waals surface area contributed by atoms with Crippen LogP contribution in [0.5, 0.6) is 0 Å². The molecule has 0 aliphatic rings. The van der Waals surface area contributed by atoms with E-state index in [1.54, 1.807) is 36.7 Å². The average Bonchev–Trinajstić information content (AvgIpc) is 3.69. The fourth-order valence-electron chi connectivity index (χ4n) is 2.94. The second kappa shape index (κ2) is 16.0. The number of nitrogens with one attached hydrogen (secondary N) is 2. The van der Waals surface area contributed by atoms with Crippen LogP contribution in [-0.2, 0) is 21.7 Å². The summed E-state index contributed by atoms with van der Waals surface area (Å²) in [6, 6.07) is 36.0. The molecule has 0 amide bonds. The zero-order valence-electron chi connectivity index (χ0n) is 19.6. The Morgan fingerprint density at radius 2 is 0.892 bits per heavy atom. The molecule has 37 heavy (non-hydrogen) atoms. The Hall–Kier alpha value is -3.87. The minimum atomic E-state index is -0.687. The Morgan fingerprint density at radius 1 is 0.514 bits per heavy atom. The molecule has 0 bridgehead atoms. The van der Waals surface area contributed by atoms with E-state index >= 15 is 0 Å². The van der Waals surface area contributed by atoms with Crippen LogP contribution in [0.2, 0.25) is 0 Å². The summed E-state index contributed by atoms with van der Waals surface area (Å²) in [5, 5.41) is 0. The van der Waals surface area contributed by atoms with Crippen LogP contribution < -0.4 is 0 Å². The molecule has 7 heteroatoms. The van der Waals surface area contributed by atoms with Gasteiger partial charge in [0.2, 0.25) is 0 Å². The maximum atomic E-state index is 13.1. The van der Waals surface area contributed by atoms with E-state index in [2.05, 4.69) is 9.97 Å². The van der Waals surface area contributed by atoms with Crippen molar-refractivity contribution in [3.63, 3.8) is 0 Å². The van der Waals surface area contributed by atoms with Gasteiger partial charge in [-0.2, -0.15) is 48.5 Å². The normalized spacial score (nSPS) is 9.41. The van der Waals surface area contributed by atoms with Gasteiger partial charge in [0.15, 0.2) is 0 Å². The van der Waals surface area contributed by atoms with E-state index in [1.165, 1.54) is 24.3 Å². The molecule has 0 unspecified atom stereocenters. The maximum absolute atomic E-state index is 13.1. The van der Waals surface area contributed by atoms with Gasteiger partial charge in [-0.1, -0.05) is 11.1 Å². The first-order chi connectivity index (χ1) is 17.5. The molecule has 0 saturated heterocycles. The van der Waals surface area contributed by atoms with Gasteiger partial charge in [-0.15, -0.1) is 24.3 Å². The minimum absolute atomic E-state index is 0. The van der Waals surface area contributed by atoms with Gasteiger partial charge in [0.25, 0.3) is 0 Å². The molecule has 0 aliphatic heterocycles. The van der Waals surface area contributed by atoms with Crippen LogP contribution in [0.4, 0.5) is 17.6 Å². The van der Waals surface area contributed by atoms with Gasteiger partial charge < -0.3 is 9.97 Å². The zero-order chi connectivity index (χ0) is 25.6. The monoisotopic (exact) mass is 534 g/mol. The Balaban J connectivity index is 0.000000187. The number of aromatic nitrogens is 2. The number of hydrogen-bond acceptors (Lipinski definition) is 0. The molecule has 4 aromatic carbocycles. The molecule has 184 valence electrons. The summed E-state index contributed by atoms with van der Waals surface area (Å²) in [5.74, 6) is -2.73. The van der Waals surface area contributed by atoms with Crippen molar-refractivity contribution in [2.75, 3.05) is 0 Å². The molecule has 0 radical (unpaired) electrons. The maximum Gasteiger partial charge on any atom is 4.00 e. The number of halogens is 4. The molecule has 6 aromatic rings. The van der Waals surface area contributed by atoms with E-state index in [4.69, 9.17) is 0 Å². The van der Waals surface area contributed by atoms with Gasteiger partial charge in [-0.25, -0.2) is 41.8 Å². The Bertz CT molecular complexity index is 1220. The van der Waals surface area contributed by atoms with Crippen molar-refractivity contribution in [3.8, 4) is 22.5 Å². The molecule has 2 aromatic heterocycles. The molecule has 6 rings (SSSR count). The number of rotatable bonds is 2. The summed E-state index contributed by atoms with van der Waals surface area (Å²) in [6.45, 7) is 0. The van der Waals surface area contributed by atoms with E-state index in [1.807, 2.05) is 72.8 Å². The van der Waals surface area contributed by atoms with Crippen molar-refractivity contribution in [1.82, 2.24) is 9.97 Å². The van der Waals surface area contributed by atoms with Crippen LogP contribution in [0.1, 0.15) is 0 Å². The standard InChI is InChI=1S/2C10H6F2N.2C5H5.Ti/c2*11-7-3-4-8(9(12)6-7)10-2-1-5-13-10;2*1-2-4-5-3-1;/h2*1-5,13H;2*1-5H;/q4*-1;+4. The number of H-pyrrole nitrogens is 2. The second-order valence-electron chi connectivity index (χ2n) is 7.16. The van der Waals surface area contributed by atoms with Crippen LogP contribution >= 0.6 is 0 Å². The molecule has 2 heterocycles. The van der Waals surface area contributed by atoms with E-state index in [9.17, 15) is 17.6 Å². The smallest absolute Gasteiger partial charge is 0.371 e. The van der Waals surface area contributed by atoms with E-state index in [0.717, 1.165) is 0 Å². The topological polar surface area (TPSA) is 31.6 Å². The van der Waals surface area contributed by atoms with E-state index in [0.29, 0.717) is 22.5 Å². The molecule has 0 saturated carbocycles. The quantitative estimate of drug-likeness (QED) is 0.127. The third-order valence-corrected chi connectivity index (χ3v) is 4.61. The summed E-state index contributed by atoms with van der Waals surface area (Å²) in [4.78, 5) is 5.66. The van der Waals surface area contributed by atoms with Crippen molar-refractivity contribution >= 4 is 0 Å². The zero-order valence-corrected chi connectivity index (χ0v) is 21.1. The van der Waals surface area contributed by atoms with Gasteiger partial charge in [0.05, 0.1) is 0 Å². The van der Waals surface area contributed by atoms with E-state index < -0.39 is 23.3 Å². The number of aromatic amines is 2. The average molecular weight is 534 g/mol. The first-order valence-electron chi connectivity index (χ1n) is 10.9. The summed E-state index contributed by atoms with van der Waals surface area (Å²) >= 11 is 0. The summed E-state index contributed by atoms with van der Waals surface area (Å²) < 4.78 is 51.2. The predicted octanol–water partition coefficient (Wildman–Crippen LogP) is 8.33. The molecule has 2 N–H and O–H groups in total. The molecular weight excluding hydrogens is 512 g/mol. The summed E-state index contributed by atoms with van der Waals surface area (Å²) in [5.41, 5.74) is 1.89. The Labute approximate surface area is 228 Å². The first-order valence-corrected chi connectivity index (χ1v) is 10.9. The Morgan fingerprint density at radius 3 is 1.14 bits per heavy atom. The van der Waals surface area contributed by atoms with Crippen LogP contribution in [0.3, 0.4) is 0 Å². The molecule has 0 fully saturated rings. The van der Waals surface area contributed by atoms with E-state index in [-0.39, 0.29) is 21.7 Å². The van der Waals surface area contributed by atoms with Crippen molar-refractivity contribution < 1.29 is 39.3 Å². The summed E-state index contributed by atoms with van der Waals surface area (Å²) in [6.07, 6.45) is 3.36. The fraction of sp³-hybridized carbons (Fsp3) is 0. The van der Waals surface area contributed by atoms with Gasteiger partial charge >= 0.3 is 21.7 Å². The molecule has 0 aliphatic carbocycles. The minimum Gasteiger partial charge on any atom is -0.371 e. The second-order valence-corrected chi connectivity index (χ2v) is 7.16. The van der Waals surface area contributed by atoms with Gasteiger partial charge in [-0.05, 0) is 35.7 Å². The van der Waals surface area contributed by atoms with Gasteiger partial charge in [0.1, 0.15) is 0 Å². The fourth-order valence-corrected chi connectivity index (χ4v) is 2.94. The van der Waals surface area contributed by atoms with Crippen molar-refractivity contribution in [1.29, 1.82) is 0 Å². The van der Waals surface area contributed by atoms with Crippen molar-refractivity contribution in [3.05, 3.63) is 157 Å². The molecule has 0 spiro atoms. The molecule has 2 nitrogen and oxygen atoms in total. The predicted molar refractivity (Wildman–Crippen MR) is 134 cm³/mol. The molecular formula is C30H22F4N2Ti. The van der Waals surface area contributed by atoms with Crippen LogP contribution in [-0.4, -0.2) is 9.97 Å². The van der Waals surface area contributed by atoms with Crippen molar-refractivity contribution in [2.45, 2.75) is 0 Å². The summed E-state index contributed by atoms with van der Waals surface area (Å²) in [7, 11) is 0. The Kier molecular flexibility index (Phi) is 12.7. The van der Waals surface area contributed by atoms with Crippen LogP contribution in [0.15, 0.2) is 122 Å². The number of benzene rings is 2. The SMILES string of the molecule is Fc1[c-]c(F)c(-c2ccc[nH]2)cc1.Fc1[c-]c(F)c(-c2ccc[nH]2)cc1.[Ti+4].c1cc[cH-]c1.c1cc[cH-]c1. The number of hydrogen-bond donors (Lipinski definition) is 2. The first kappa shape index (κ1) is 29.4. The van der Waals surface area contributed by atoms with Crippen molar-refractivity contribution in [2.24, 2.45) is 0 Å². The molecule has 0 atom stereocenters. The van der Waals surface area contributed by atoms with Crippen LogP contribution in [0, 0.1) is 35.4 Å². The van der Waals surface area contributed by atoms with Crippen LogP contribution in [0.25, 0.3) is 22.5 Å². The largest absolute Gasteiger partial charge is 4.00 e.